The summed E-state index contributed by atoms with van der Waals surface area (Å²) in [6.07, 6.45) is 17.8. The molecule has 0 amide bonds. The summed E-state index contributed by atoms with van der Waals surface area (Å²) >= 11 is 0. The van der Waals surface area contributed by atoms with E-state index in [1.807, 2.05) is 0 Å². The van der Waals surface area contributed by atoms with Crippen molar-refractivity contribution in [2.24, 2.45) is 23.7 Å². The molecule has 0 heterocycles. The van der Waals surface area contributed by atoms with Gasteiger partial charge >= 0.3 is 0 Å². The van der Waals surface area contributed by atoms with Gasteiger partial charge < -0.3 is 0 Å². The van der Waals surface area contributed by atoms with Gasteiger partial charge in [0.25, 0.3) is 0 Å². The van der Waals surface area contributed by atoms with E-state index in [1.54, 1.807) is 18.4 Å². The molecular formula is C23H36. The van der Waals surface area contributed by atoms with E-state index in [1.165, 1.54) is 64.2 Å². The van der Waals surface area contributed by atoms with Crippen molar-refractivity contribution >= 4 is 0 Å². The van der Waals surface area contributed by atoms with E-state index in [0.717, 1.165) is 23.7 Å². The van der Waals surface area contributed by atoms with Crippen LogP contribution >= 0.6 is 0 Å². The first-order valence-electron chi connectivity index (χ1n) is 10.4. The highest BCUT2D eigenvalue weighted by molar-refractivity contribution is 5.15. The molecule has 2 fully saturated rings. The van der Waals surface area contributed by atoms with Gasteiger partial charge in [0.2, 0.25) is 0 Å². The van der Waals surface area contributed by atoms with Gasteiger partial charge in [-0.25, -0.2) is 0 Å². The molecule has 0 aliphatic heterocycles. The summed E-state index contributed by atoms with van der Waals surface area (Å²) in [5, 5.41) is 0. The van der Waals surface area contributed by atoms with Crippen LogP contribution in [0, 0.1) is 23.7 Å². The van der Waals surface area contributed by atoms with Crippen LogP contribution in [0.4, 0.5) is 0 Å². The van der Waals surface area contributed by atoms with Crippen LogP contribution in [0.25, 0.3) is 0 Å². The number of rotatable bonds is 6. The van der Waals surface area contributed by atoms with Crippen molar-refractivity contribution < 1.29 is 0 Å². The summed E-state index contributed by atoms with van der Waals surface area (Å²) in [6, 6.07) is 11.1. The first-order chi connectivity index (χ1) is 11.3. The quantitative estimate of drug-likeness (QED) is 0.529. The molecule has 0 aromatic heterocycles. The molecule has 1 aromatic rings. The largest absolute Gasteiger partial charge is 0.0654 e. The fourth-order valence-electron chi connectivity index (χ4n) is 5.25. The van der Waals surface area contributed by atoms with Crippen LogP contribution in [0.2, 0.25) is 0 Å². The van der Waals surface area contributed by atoms with E-state index in [2.05, 4.69) is 37.3 Å². The zero-order valence-corrected chi connectivity index (χ0v) is 15.2. The third-order valence-electron chi connectivity index (χ3n) is 6.78. The predicted molar refractivity (Wildman–Crippen MR) is 101 cm³/mol. The van der Waals surface area contributed by atoms with Gasteiger partial charge in [0.1, 0.15) is 0 Å². The Morgan fingerprint density at radius 3 is 1.87 bits per heavy atom. The van der Waals surface area contributed by atoms with Crippen LogP contribution in [0.3, 0.4) is 0 Å². The van der Waals surface area contributed by atoms with E-state index in [0.29, 0.717) is 0 Å². The molecule has 128 valence electrons. The van der Waals surface area contributed by atoms with E-state index < -0.39 is 0 Å². The summed E-state index contributed by atoms with van der Waals surface area (Å²) in [6.45, 7) is 2.33. The molecule has 3 rings (SSSR count). The van der Waals surface area contributed by atoms with Crippen molar-refractivity contribution in [2.45, 2.75) is 84.0 Å². The Labute approximate surface area is 144 Å². The Bertz CT molecular complexity index is 419. The van der Waals surface area contributed by atoms with E-state index >= 15 is 0 Å². The SMILES string of the molecule is CCCC[C@H]1CC[C@H]([C@H]2CC[C@H](Cc3ccccc3)CC2)CC1. The summed E-state index contributed by atoms with van der Waals surface area (Å²) < 4.78 is 0. The van der Waals surface area contributed by atoms with Crippen molar-refractivity contribution in [3.8, 4) is 0 Å². The van der Waals surface area contributed by atoms with Crippen molar-refractivity contribution in [1.82, 2.24) is 0 Å². The van der Waals surface area contributed by atoms with Crippen molar-refractivity contribution in [2.75, 3.05) is 0 Å². The molecule has 0 N–H and O–H groups in total. The highest BCUT2D eigenvalue weighted by atomic mass is 14.4. The van der Waals surface area contributed by atoms with Crippen LogP contribution in [-0.2, 0) is 6.42 Å². The van der Waals surface area contributed by atoms with Crippen molar-refractivity contribution in [3.05, 3.63) is 35.9 Å². The normalized spacial score (nSPS) is 31.9. The zero-order chi connectivity index (χ0) is 15.9. The smallest absolute Gasteiger partial charge is 0.0250 e. The molecule has 23 heavy (non-hydrogen) atoms. The monoisotopic (exact) mass is 312 g/mol. The topological polar surface area (TPSA) is 0 Å². The lowest BCUT2D eigenvalue weighted by Crippen LogP contribution is -2.26. The minimum atomic E-state index is 0.953. The second kappa shape index (κ2) is 8.90. The molecule has 0 saturated heterocycles. The number of unbranched alkanes of at least 4 members (excludes halogenated alkanes) is 1. The van der Waals surface area contributed by atoms with Gasteiger partial charge in [-0.3, -0.25) is 0 Å². The van der Waals surface area contributed by atoms with E-state index in [4.69, 9.17) is 0 Å². The molecule has 2 aliphatic carbocycles. The maximum atomic E-state index is 2.33. The fourth-order valence-corrected chi connectivity index (χ4v) is 5.25. The molecule has 0 radical (unpaired) electrons. The highest BCUT2D eigenvalue weighted by Gasteiger charge is 2.30. The standard InChI is InChI=1S/C23H36/c1-2-3-7-19-10-14-22(15-11-19)23-16-12-21(13-17-23)18-20-8-5-4-6-9-20/h4-6,8-9,19,21-23H,2-3,7,10-18H2,1H3/t19-,21-,22-,23-. The minimum Gasteiger partial charge on any atom is -0.0654 e. The lowest BCUT2D eigenvalue weighted by Gasteiger charge is -2.38. The van der Waals surface area contributed by atoms with Gasteiger partial charge in [-0.1, -0.05) is 69.4 Å². The molecule has 0 heteroatoms. The average Bonchev–Trinajstić information content (AvgIpc) is 2.62. The molecule has 2 aliphatic rings. The van der Waals surface area contributed by atoms with Crippen LogP contribution < -0.4 is 0 Å². The Balaban J connectivity index is 1.38. The Kier molecular flexibility index (Phi) is 6.60. The van der Waals surface area contributed by atoms with Gasteiger partial charge in [-0.2, -0.15) is 0 Å². The van der Waals surface area contributed by atoms with Crippen LogP contribution in [-0.4, -0.2) is 0 Å². The van der Waals surface area contributed by atoms with Crippen molar-refractivity contribution in [3.63, 3.8) is 0 Å². The molecule has 0 atom stereocenters. The first-order valence-corrected chi connectivity index (χ1v) is 10.4. The molecule has 0 spiro atoms. The Hall–Kier alpha value is -0.780. The third-order valence-corrected chi connectivity index (χ3v) is 6.78. The predicted octanol–water partition coefficient (Wildman–Crippen LogP) is 7.03. The number of hydrogen-bond acceptors (Lipinski definition) is 0. The molecule has 0 nitrogen and oxygen atoms in total. The maximum absolute atomic E-state index is 2.33. The van der Waals surface area contributed by atoms with Crippen LogP contribution in [0.15, 0.2) is 30.3 Å². The number of benzene rings is 1. The summed E-state index contributed by atoms with van der Waals surface area (Å²) in [7, 11) is 0. The van der Waals surface area contributed by atoms with Gasteiger partial charge in [-0.15, -0.1) is 0 Å². The summed E-state index contributed by atoms with van der Waals surface area (Å²) in [5.41, 5.74) is 1.55. The van der Waals surface area contributed by atoms with Gasteiger partial charge in [-0.05, 0) is 74.2 Å². The van der Waals surface area contributed by atoms with Gasteiger partial charge in [0.05, 0.1) is 0 Å². The lowest BCUT2D eigenvalue weighted by molar-refractivity contribution is 0.143. The van der Waals surface area contributed by atoms with Crippen LogP contribution in [0.1, 0.15) is 83.1 Å². The summed E-state index contributed by atoms with van der Waals surface area (Å²) in [5.74, 6) is 4.16. The fraction of sp³-hybridized carbons (Fsp3) is 0.739. The summed E-state index contributed by atoms with van der Waals surface area (Å²) in [4.78, 5) is 0. The lowest BCUT2D eigenvalue weighted by atomic mass is 9.68. The zero-order valence-electron chi connectivity index (χ0n) is 15.2. The van der Waals surface area contributed by atoms with Crippen molar-refractivity contribution in [1.29, 1.82) is 0 Å². The first kappa shape index (κ1) is 17.1. The maximum Gasteiger partial charge on any atom is -0.0250 e. The Morgan fingerprint density at radius 1 is 0.739 bits per heavy atom. The molecular weight excluding hydrogens is 276 g/mol. The van der Waals surface area contributed by atoms with Gasteiger partial charge in [0, 0.05) is 0 Å². The molecule has 0 unspecified atom stereocenters. The average molecular weight is 313 g/mol. The number of hydrogen-bond donors (Lipinski definition) is 0. The minimum absolute atomic E-state index is 0.953. The van der Waals surface area contributed by atoms with E-state index in [9.17, 15) is 0 Å². The second-order valence-electron chi connectivity index (χ2n) is 8.39. The van der Waals surface area contributed by atoms with Gasteiger partial charge in [0.15, 0.2) is 0 Å². The van der Waals surface area contributed by atoms with E-state index in [-0.39, 0.29) is 0 Å². The Morgan fingerprint density at radius 2 is 1.30 bits per heavy atom. The molecule has 2 saturated carbocycles. The third kappa shape index (κ3) is 5.10. The molecule has 0 bridgehead atoms. The second-order valence-corrected chi connectivity index (χ2v) is 8.39. The molecule has 1 aromatic carbocycles. The highest BCUT2D eigenvalue weighted by Crippen LogP contribution is 2.42. The van der Waals surface area contributed by atoms with Crippen LogP contribution in [0.5, 0.6) is 0 Å².